The van der Waals surface area contributed by atoms with E-state index < -0.39 is 10.0 Å². The maximum atomic E-state index is 11.3. The van der Waals surface area contributed by atoms with Gasteiger partial charge in [-0.15, -0.1) is 0 Å². The van der Waals surface area contributed by atoms with E-state index in [4.69, 9.17) is 5.14 Å². The Morgan fingerprint density at radius 3 is 2.68 bits per heavy atom. The number of likely N-dealkylation sites (N-methyl/N-ethyl adjacent to an activating group) is 1. The summed E-state index contributed by atoms with van der Waals surface area (Å²) in [6, 6.07) is 6.83. The molecule has 3 N–H and O–H groups in total. The van der Waals surface area contributed by atoms with Crippen molar-refractivity contribution in [3.05, 3.63) is 29.8 Å². The van der Waals surface area contributed by atoms with Gasteiger partial charge in [-0.1, -0.05) is 19.1 Å². The second-order valence-electron chi connectivity index (χ2n) is 4.69. The quantitative estimate of drug-likeness (QED) is 0.781. The van der Waals surface area contributed by atoms with Crippen LogP contribution in [-0.2, 0) is 10.0 Å². The molecule has 1 rings (SSSR count). The van der Waals surface area contributed by atoms with Crippen molar-refractivity contribution >= 4 is 10.0 Å². The molecule has 0 heterocycles. The average Bonchev–Trinajstić information content (AvgIpc) is 2.37. The lowest BCUT2D eigenvalue weighted by atomic mass is 10.1. The predicted molar refractivity (Wildman–Crippen MR) is 77.4 cm³/mol. The van der Waals surface area contributed by atoms with Gasteiger partial charge in [-0.2, -0.15) is 0 Å². The maximum absolute atomic E-state index is 11.3. The Balaban J connectivity index is 2.65. The molecule has 5 nitrogen and oxygen atoms in total. The molecule has 1 atom stereocenters. The minimum Gasteiger partial charge on any atom is -0.309 e. The molecule has 1 aromatic carbocycles. The monoisotopic (exact) mass is 285 g/mol. The summed E-state index contributed by atoms with van der Waals surface area (Å²) in [5.74, 6) is 0. The van der Waals surface area contributed by atoms with Crippen LogP contribution < -0.4 is 10.5 Å². The standard InChI is InChI=1S/C13H23N3O2S/c1-4-16(3)9-8-15-11(2)12-6-5-7-13(10-12)19(14,17)18/h5-7,10-11,15H,4,8-9H2,1-3H3,(H2,14,17,18). The van der Waals surface area contributed by atoms with Gasteiger partial charge in [0.1, 0.15) is 0 Å². The number of hydrogen-bond donors (Lipinski definition) is 2. The van der Waals surface area contributed by atoms with Crippen LogP contribution in [0.5, 0.6) is 0 Å². The molecule has 0 aliphatic carbocycles. The zero-order valence-electron chi connectivity index (χ0n) is 11.8. The minimum atomic E-state index is -3.63. The highest BCUT2D eigenvalue weighted by Gasteiger charge is 2.11. The molecular formula is C13H23N3O2S. The summed E-state index contributed by atoms with van der Waals surface area (Å²) >= 11 is 0. The van der Waals surface area contributed by atoms with Crippen LogP contribution in [0.4, 0.5) is 0 Å². The summed E-state index contributed by atoms with van der Waals surface area (Å²) in [4.78, 5) is 2.37. The van der Waals surface area contributed by atoms with Crippen LogP contribution in [-0.4, -0.2) is 40.0 Å². The van der Waals surface area contributed by atoms with Gasteiger partial charge >= 0.3 is 0 Å². The number of primary sulfonamides is 1. The summed E-state index contributed by atoms with van der Waals surface area (Å²) < 4.78 is 22.6. The van der Waals surface area contributed by atoms with Crippen molar-refractivity contribution in [2.45, 2.75) is 24.8 Å². The third-order valence-corrected chi connectivity index (χ3v) is 4.08. The van der Waals surface area contributed by atoms with E-state index in [1.54, 1.807) is 12.1 Å². The largest absolute Gasteiger partial charge is 0.309 e. The number of sulfonamides is 1. The van der Waals surface area contributed by atoms with Gasteiger partial charge in [0, 0.05) is 19.1 Å². The summed E-state index contributed by atoms with van der Waals surface area (Å²) in [5, 5.41) is 8.49. The van der Waals surface area contributed by atoms with Crippen molar-refractivity contribution in [2.75, 3.05) is 26.7 Å². The molecule has 0 fully saturated rings. The van der Waals surface area contributed by atoms with E-state index in [0.717, 1.165) is 25.2 Å². The first-order valence-electron chi connectivity index (χ1n) is 6.39. The number of nitrogens with zero attached hydrogens (tertiary/aromatic N) is 1. The van der Waals surface area contributed by atoms with Crippen LogP contribution in [0.1, 0.15) is 25.5 Å². The smallest absolute Gasteiger partial charge is 0.238 e. The number of hydrogen-bond acceptors (Lipinski definition) is 4. The average molecular weight is 285 g/mol. The van der Waals surface area contributed by atoms with E-state index in [2.05, 4.69) is 24.2 Å². The molecule has 6 heteroatoms. The van der Waals surface area contributed by atoms with E-state index in [9.17, 15) is 8.42 Å². The van der Waals surface area contributed by atoms with Crippen LogP contribution in [0.3, 0.4) is 0 Å². The Hall–Kier alpha value is -0.950. The number of nitrogens with two attached hydrogens (primary N) is 1. The Morgan fingerprint density at radius 2 is 2.11 bits per heavy atom. The lowest BCUT2D eigenvalue weighted by Crippen LogP contribution is -2.30. The summed E-state index contributed by atoms with van der Waals surface area (Å²) in [6.07, 6.45) is 0. The van der Waals surface area contributed by atoms with Gasteiger partial charge in [0.05, 0.1) is 4.90 Å². The first-order chi connectivity index (χ1) is 8.84. The lowest BCUT2D eigenvalue weighted by molar-refractivity contribution is 0.342. The van der Waals surface area contributed by atoms with E-state index in [0.29, 0.717) is 0 Å². The minimum absolute atomic E-state index is 0.0898. The molecule has 0 bridgehead atoms. The summed E-state index contributed by atoms with van der Waals surface area (Å²) in [5.41, 5.74) is 0.922. The molecule has 0 aliphatic heterocycles. The van der Waals surface area contributed by atoms with Crippen molar-refractivity contribution in [3.63, 3.8) is 0 Å². The van der Waals surface area contributed by atoms with Gasteiger partial charge in [-0.25, -0.2) is 13.6 Å². The summed E-state index contributed by atoms with van der Waals surface area (Å²) in [7, 11) is -1.57. The van der Waals surface area contributed by atoms with E-state index >= 15 is 0 Å². The number of nitrogens with one attached hydrogen (secondary N) is 1. The molecule has 1 aromatic rings. The molecule has 1 unspecified atom stereocenters. The second kappa shape index (κ2) is 7.00. The Morgan fingerprint density at radius 1 is 1.42 bits per heavy atom. The SMILES string of the molecule is CCN(C)CCNC(C)c1cccc(S(N)(=O)=O)c1. The van der Waals surface area contributed by atoms with Gasteiger partial charge in [-0.05, 0) is 38.2 Å². The molecule has 0 radical (unpaired) electrons. The van der Waals surface area contributed by atoms with E-state index in [1.165, 1.54) is 6.07 Å². The van der Waals surface area contributed by atoms with Crippen molar-refractivity contribution in [1.82, 2.24) is 10.2 Å². The van der Waals surface area contributed by atoms with Gasteiger partial charge in [-0.3, -0.25) is 0 Å². The Bertz CT molecular complexity index is 502. The number of benzene rings is 1. The fourth-order valence-electron chi connectivity index (χ4n) is 1.71. The van der Waals surface area contributed by atoms with Crippen molar-refractivity contribution in [1.29, 1.82) is 0 Å². The maximum Gasteiger partial charge on any atom is 0.238 e. The van der Waals surface area contributed by atoms with Crippen molar-refractivity contribution < 1.29 is 8.42 Å². The third kappa shape index (κ3) is 5.28. The molecule has 0 amide bonds. The Kier molecular flexibility index (Phi) is 5.93. The van der Waals surface area contributed by atoms with Gasteiger partial charge in [0.15, 0.2) is 0 Å². The lowest BCUT2D eigenvalue weighted by Gasteiger charge is -2.18. The fraction of sp³-hybridized carbons (Fsp3) is 0.538. The highest BCUT2D eigenvalue weighted by molar-refractivity contribution is 7.89. The van der Waals surface area contributed by atoms with E-state index in [1.807, 2.05) is 13.0 Å². The normalized spacial score (nSPS) is 13.7. The van der Waals surface area contributed by atoms with Crippen molar-refractivity contribution in [2.24, 2.45) is 5.14 Å². The van der Waals surface area contributed by atoms with Crippen LogP contribution >= 0.6 is 0 Å². The van der Waals surface area contributed by atoms with Crippen LogP contribution in [0.25, 0.3) is 0 Å². The van der Waals surface area contributed by atoms with Gasteiger partial charge < -0.3 is 10.2 Å². The molecule has 0 spiro atoms. The highest BCUT2D eigenvalue weighted by atomic mass is 32.2. The highest BCUT2D eigenvalue weighted by Crippen LogP contribution is 2.16. The predicted octanol–water partition coefficient (Wildman–Crippen LogP) is 0.936. The fourth-order valence-corrected chi connectivity index (χ4v) is 2.28. The second-order valence-corrected chi connectivity index (χ2v) is 6.25. The van der Waals surface area contributed by atoms with Gasteiger partial charge in [0.2, 0.25) is 10.0 Å². The van der Waals surface area contributed by atoms with Crippen molar-refractivity contribution in [3.8, 4) is 0 Å². The molecule has 19 heavy (non-hydrogen) atoms. The zero-order chi connectivity index (χ0) is 14.5. The Labute approximate surface area is 115 Å². The molecule has 0 saturated carbocycles. The molecular weight excluding hydrogens is 262 g/mol. The number of rotatable bonds is 7. The van der Waals surface area contributed by atoms with E-state index in [-0.39, 0.29) is 10.9 Å². The topological polar surface area (TPSA) is 75.4 Å². The first-order valence-corrected chi connectivity index (χ1v) is 7.94. The van der Waals surface area contributed by atoms with Crippen LogP contribution in [0.15, 0.2) is 29.2 Å². The molecule has 0 aromatic heterocycles. The molecule has 0 aliphatic rings. The molecule has 108 valence electrons. The van der Waals surface area contributed by atoms with Gasteiger partial charge in [0.25, 0.3) is 0 Å². The third-order valence-electron chi connectivity index (χ3n) is 3.17. The summed E-state index contributed by atoms with van der Waals surface area (Å²) in [6.45, 7) is 6.94. The van der Waals surface area contributed by atoms with Crippen LogP contribution in [0.2, 0.25) is 0 Å². The first kappa shape index (κ1) is 16.1. The van der Waals surface area contributed by atoms with Crippen LogP contribution in [0, 0.1) is 0 Å². The zero-order valence-corrected chi connectivity index (χ0v) is 12.6. The molecule has 0 saturated heterocycles.